The number of piperidine rings is 1. The number of hydrogen-bond donors (Lipinski definition) is 1. The second-order valence-corrected chi connectivity index (χ2v) is 6.82. The molecule has 1 fully saturated rings. The molecule has 1 aliphatic rings. The standard InChI is InChI=1S/C19H28N4O/c1-14-6-4-5-7-17(14)18-21-19(24-22-18)15(2)23-12-9-16(10-13-23)8-11-20-3/h4-7,15-16,20H,8-13H2,1-3H3. The molecule has 2 aromatic rings. The lowest BCUT2D eigenvalue weighted by atomic mass is 9.93. The normalized spacial score (nSPS) is 18.0. The maximum absolute atomic E-state index is 5.57. The molecule has 1 aromatic heterocycles. The fraction of sp³-hybridized carbons (Fsp3) is 0.579. The van der Waals surface area contributed by atoms with Crippen LogP contribution in [0.1, 0.15) is 43.7 Å². The van der Waals surface area contributed by atoms with Crippen molar-refractivity contribution in [1.29, 1.82) is 0 Å². The number of benzene rings is 1. The highest BCUT2D eigenvalue weighted by Gasteiger charge is 2.26. The molecule has 0 radical (unpaired) electrons. The van der Waals surface area contributed by atoms with Crippen molar-refractivity contribution >= 4 is 0 Å². The summed E-state index contributed by atoms with van der Waals surface area (Å²) in [5.41, 5.74) is 2.22. The van der Waals surface area contributed by atoms with Gasteiger partial charge in [0.15, 0.2) is 0 Å². The molecule has 5 heteroatoms. The summed E-state index contributed by atoms with van der Waals surface area (Å²) in [6.07, 6.45) is 3.78. The summed E-state index contributed by atoms with van der Waals surface area (Å²) >= 11 is 0. The van der Waals surface area contributed by atoms with Gasteiger partial charge in [-0.3, -0.25) is 4.90 Å². The zero-order valence-electron chi connectivity index (χ0n) is 15.0. The molecule has 1 unspecified atom stereocenters. The van der Waals surface area contributed by atoms with E-state index in [1.807, 2.05) is 25.2 Å². The van der Waals surface area contributed by atoms with E-state index in [4.69, 9.17) is 4.52 Å². The SMILES string of the molecule is CNCCC1CCN(C(C)c2nc(-c3ccccc3C)no2)CC1. The van der Waals surface area contributed by atoms with E-state index >= 15 is 0 Å². The zero-order chi connectivity index (χ0) is 16.9. The first-order valence-corrected chi connectivity index (χ1v) is 8.97. The van der Waals surface area contributed by atoms with E-state index in [9.17, 15) is 0 Å². The van der Waals surface area contributed by atoms with Gasteiger partial charge in [0, 0.05) is 5.56 Å². The molecular formula is C19H28N4O. The molecule has 1 atom stereocenters. The first-order valence-electron chi connectivity index (χ1n) is 8.97. The van der Waals surface area contributed by atoms with Crippen LogP contribution in [-0.4, -0.2) is 41.7 Å². The summed E-state index contributed by atoms with van der Waals surface area (Å²) in [7, 11) is 2.03. The molecule has 0 amide bonds. The van der Waals surface area contributed by atoms with Gasteiger partial charge in [-0.05, 0) is 71.3 Å². The molecule has 5 nitrogen and oxygen atoms in total. The minimum atomic E-state index is 0.181. The Kier molecular flexibility index (Phi) is 5.63. The highest BCUT2D eigenvalue weighted by atomic mass is 16.5. The molecule has 2 heterocycles. The smallest absolute Gasteiger partial charge is 0.244 e. The van der Waals surface area contributed by atoms with E-state index in [-0.39, 0.29) is 6.04 Å². The maximum atomic E-state index is 5.57. The molecular weight excluding hydrogens is 300 g/mol. The Hall–Kier alpha value is -1.72. The summed E-state index contributed by atoms with van der Waals surface area (Å²) in [6, 6.07) is 8.34. The van der Waals surface area contributed by atoms with E-state index in [1.54, 1.807) is 0 Å². The lowest BCUT2D eigenvalue weighted by molar-refractivity contribution is 0.117. The van der Waals surface area contributed by atoms with Gasteiger partial charge in [0.2, 0.25) is 11.7 Å². The van der Waals surface area contributed by atoms with E-state index < -0.39 is 0 Å². The van der Waals surface area contributed by atoms with Crippen LogP contribution in [0, 0.1) is 12.8 Å². The van der Waals surface area contributed by atoms with Crippen molar-refractivity contribution in [2.24, 2.45) is 5.92 Å². The van der Waals surface area contributed by atoms with Crippen LogP contribution in [0.2, 0.25) is 0 Å². The van der Waals surface area contributed by atoms with Crippen molar-refractivity contribution in [1.82, 2.24) is 20.4 Å². The fourth-order valence-corrected chi connectivity index (χ4v) is 3.47. The number of rotatable bonds is 6. The van der Waals surface area contributed by atoms with Gasteiger partial charge in [0.25, 0.3) is 0 Å². The van der Waals surface area contributed by atoms with E-state index in [1.165, 1.54) is 24.8 Å². The van der Waals surface area contributed by atoms with Crippen molar-refractivity contribution in [3.8, 4) is 11.4 Å². The molecule has 1 aliphatic heterocycles. The Morgan fingerprint density at radius 3 is 2.75 bits per heavy atom. The summed E-state index contributed by atoms with van der Waals surface area (Å²) in [5.74, 6) is 2.26. The summed E-state index contributed by atoms with van der Waals surface area (Å²) in [6.45, 7) is 7.58. The van der Waals surface area contributed by atoms with Crippen LogP contribution in [0.15, 0.2) is 28.8 Å². The topological polar surface area (TPSA) is 54.2 Å². The number of nitrogens with one attached hydrogen (secondary N) is 1. The average Bonchev–Trinajstić information content (AvgIpc) is 3.10. The number of aromatic nitrogens is 2. The Morgan fingerprint density at radius 1 is 1.29 bits per heavy atom. The third-order valence-corrected chi connectivity index (χ3v) is 5.18. The van der Waals surface area contributed by atoms with Gasteiger partial charge in [-0.1, -0.05) is 29.4 Å². The van der Waals surface area contributed by atoms with Crippen LogP contribution in [0.5, 0.6) is 0 Å². The molecule has 24 heavy (non-hydrogen) atoms. The molecule has 1 aromatic carbocycles. The summed E-state index contributed by atoms with van der Waals surface area (Å²) in [4.78, 5) is 7.12. The van der Waals surface area contributed by atoms with E-state index in [2.05, 4.69) is 40.3 Å². The summed E-state index contributed by atoms with van der Waals surface area (Å²) < 4.78 is 5.57. The third kappa shape index (κ3) is 3.84. The van der Waals surface area contributed by atoms with Crippen LogP contribution >= 0.6 is 0 Å². The van der Waals surface area contributed by atoms with Crippen LogP contribution in [-0.2, 0) is 0 Å². The quantitative estimate of drug-likeness (QED) is 0.880. The lowest BCUT2D eigenvalue weighted by Gasteiger charge is -2.34. The Morgan fingerprint density at radius 2 is 2.04 bits per heavy atom. The molecule has 0 spiro atoms. The first kappa shape index (κ1) is 17.1. The Bertz CT molecular complexity index is 646. The maximum Gasteiger partial charge on any atom is 0.244 e. The van der Waals surface area contributed by atoms with Gasteiger partial charge in [-0.2, -0.15) is 4.98 Å². The first-order chi connectivity index (χ1) is 11.7. The van der Waals surface area contributed by atoms with Crippen LogP contribution in [0.4, 0.5) is 0 Å². The van der Waals surface area contributed by atoms with Crippen molar-refractivity contribution in [3.63, 3.8) is 0 Å². The average molecular weight is 328 g/mol. The second kappa shape index (κ2) is 7.90. The molecule has 1 N–H and O–H groups in total. The largest absolute Gasteiger partial charge is 0.337 e. The number of nitrogens with zero attached hydrogens (tertiary/aromatic N) is 3. The minimum absolute atomic E-state index is 0.181. The van der Waals surface area contributed by atoms with Crippen molar-refractivity contribution < 1.29 is 4.52 Å². The summed E-state index contributed by atoms with van der Waals surface area (Å²) in [5, 5.41) is 7.45. The van der Waals surface area contributed by atoms with Gasteiger partial charge in [0.05, 0.1) is 6.04 Å². The van der Waals surface area contributed by atoms with E-state index in [0.717, 1.165) is 37.0 Å². The predicted octanol–water partition coefficient (Wildman–Crippen LogP) is 3.43. The van der Waals surface area contributed by atoms with E-state index in [0.29, 0.717) is 5.82 Å². The monoisotopic (exact) mass is 328 g/mol. The molecule has 130 valence electrons. The van der Waals surface area contributed by atoms with Gasteiger partial charge >= 0.3 is 0 Å². The predicted molar refractivity (Wildman–Crippen MR) is 95.7 cm³/mol. The highest BCUT2D eigenvalue weighted by Crippen LogP contribution is 2.28. The third-order valence-electron chi connectivity index (χ3n) is 5.18. The van der Waals surface area contributed by atoms with Gasteiger partial charge in [0.1, 0.15) is 0 Å². The van der Waals surface area contributed by atoms with Gasteiger partial charge in [-0.15, -0.1) is 0 Å². The molecule has 0 bridgehead atoms. The number of likely N-dealkylation sites (tertiary alicyclic amines) is 1. The fourth-order valence-electron chi connectivity index (χ4n) is 3.47. The molecule has 0 aliphatic carbocycles. The minimum Gasteiger partial charge on any atom is -0.337 e. The molecule has 0 saturated carbocycles. The van der Waals surface area contributed by atoms with Crippen LogP contribution < -0.4 is 5.32 Å². The van der Waals surface area contributed by atoms with Crippen molar-refractivity contribution in [3.05, 3.63) is 35.7 Å². The van der Waals surface area contributed by atoms with Crippen molar-refractivity contribution in [2.45, 2.75) is 39.2 Å². The number of aryl methyl sites for hydroxylation is 1. The van der Waals surface area contributed by atoms with Gasteiger partial charge < -0.3 is 9.84 Å². The van der Waals surface area contributed by atoms with Gasteiger partial charge in [-0.25, -0.2) is 0 Å². The zero-order valence-corrected chi connectivity index (χ0v) is 15.0. The van der Waals surface area contributed by atoms with Crippen molar-refractivity contribution in [2.75, 3.05) is 26.7 Å². The Labute approximate surface area is 144 Å². The highest BCUT2D eigenvalue weighted by molar-refractivity contribution is 5.58. The molecule has 1 saturated heterocycles. The number of hydrogen-bond acceptors (Lipinski definition) is 5. The van der Waals surface area contributed by atoms with Crippen LogP contribution in [0.3, 0.4) is 0 Å². The van der Waals surface area contributed by atoms with Crippen LogP contribution in [0.25, 0.3) is 11.4 Å². The Balaban J connectivity index is 1.62. The lowest BCUT2D eigenvalue weighted by Crippen LogP contribution is -2.36. The molecule has 3 rings (SSSR count). The second-order valence-electron chi connectivity index (χ2n) is 6.82.